The lowest BCUT2D eigenvalue weighted by Gasteiger charge is -2.47. The minimum absolute atomic E-state index is 0. The minimum Gasteiger partial charge on any atom is -0.348 e. The number of carbonyl (C=O) groups is 2. The Balaban J connectivity index is 0.00000306. The fraction of sp³-hybridized carbons (Fsp3) is 0.704. The molecule has 32 heavy (non-hydrogen) atoms. The standard InChI is InChI=1S/C27H41N3O2.H2/c1-20(30-16-7-10-24(30)31)25(32)28-23-11-12-27(22-9-6-5-8-21(22)23)14-18-29(19-15-27)17-13-26(2,3)4;/h5-6,8-9,20,23H,7,10-19H2,1-4H3,(H,28,32);1H/t20-,23-;/m1./s1. The van der Waals surface area contributed by atoms with Crippen LogP contribution in [0.1, 0.15) is 91.2 Å². The third-order valence-electron chi connectivity index (χ3n) is 8.08. The van der Waals surface area contributed by atoms with Crippen molar-refractivity contribution in [1.29, 1.82) is 0 Å². The first kappa shape index (κ1) is 23.3. The third kappa shape index (κ3) is 4.88. The minimum atomic E-state index is -0.390. The van der Waals surface area contributed by atoms with E-state index < -0.39 is 0 Å². The maximum atomic E-state index is 13.0. The van der Waals surface area contributed by atoms with Crippen LogP contribution in [0, 0.1) is 5.41 Å². The first-order valence-corrected chi connectivity index (χ1v) is 12.6. The van der Waals surface area contributed by atoms with E-state index in [-0.39, 0.29) is 30.7 Å². The fourth-order valence-electron chi connectivity index (χ4n) is 5.87. The lowest BCUT2D eigenvalue weighted by atomic mass is 9.63. The van der Waals surface area contributed by atoms with Crippen LogP contribution in [0.15, 0.2) is 24.3 Å². The molecule has 2 atom stereocenters. The fourth-order valence-corrected chi connectivity index (χ4v) is 5.87. The van der Waals surface area contributed by atoms with Crippen LogP contribution < -0.4 is 5.32 Å². The number of carbonyl (C=O) groups excluding carboxylic acids is 2. The average Bonchev–Trinajstić information content (AvgIpc) is 3.20. The Labute approximate surface area is 195 Å². The number of hydrogen-bond donors (Lipinski definition) is 1. The van der Waals surface area contributed by atoms with Gasteiger partial charge in [-0.15, -0.1) is 0 Å². The Morgan fingerprint density at radius 2 is 1.91 bits per heavy atom. The van der Waals surface area contributed by atoms with E-state index in [1.807, 2.05) is 6.92 Å². The van der Waals surface area contributed by atoms with Crippen LogP contribution in [0.4, 0.5) is 0 Å². The second-order valence-corrected chi connectivity index (χ2v) is 11.5. The number of nitrogens with one attached hydrogen (secondary N) is 1. The normalized spacial score (nSPS) is 24.4. The zero-order chi connectivity index (χ0) is 22.9. The highest BCUT2D eigenvalue weighted by molar-refractivity contribution is 5.88. The van der Waals surface area contributed by atoms with Crippen molar-refractivity contribution in [3.05, 3.63) is 35.4 Å². The van der Waals surface area contributed by atoms with Crippen LogP contribution >= 0.6 is 0 Å². The summed E-state index contributed by atoms with van der Waals surface area (Å²) in [5, 5.41) is 3.30. The predicted octanol–water partition coefficient (Wildman–Crippen LogP) is 4.66. The molecule has 5 nitrogen and oxygen atoms in total. The van der Waals surface area contributed by atoms with Crippen LogP contribution in [0.3, 0.4) is 0 Å². The average molecular weight is 442 g/mol. The van der Waals surface area contributed by atoms with E-state index >= 15 is 0 Å². The van der Waals surface area contributed by atoms with E-state index in [0.717, 1.165) is 32.4 Å². The van der Waals surface area contributed by atoms with Crippen molar-refractivity contribution in [3.63, 3.8) is 0 Å². The second-order valence-electron chi connectivity index (χ2n) is 11.5. The van der Waals surface area contributed by atoms with Gasteiger partial charge < -0.3 is 15.1 Å². The molecule has 2 fully saturated rings. The van der Waals surface area contributed by atoms with Gasteiger partial charge in [0.1, 0.15) is 6.04 Å². The van der Waals surface area contributed by atoms with Gasteiger partial charge in [0.25, 0.3) is 0 Å². The summed E-state index contributed by atoms with van der Waals surface area (Å²) in [6.07, 6.45) is 7.17. The molecule has 1 N–H and O–H groups in total. The molecular formula is C27H43N3O2. The molecule has 1 aliphatic carbocycles. The summed E-state index contributed by atoms with van der Waals surface area (Å²) in [7, 11) is 0. The first-order chi connectivity index (χ1) is 15.2. The molecular weight excluding hydrogens is 398 g/mol. The van der Waals surface area contributed by atoms with E-state index in [1.54, 1.807) is 4.90 Å². The van der Waals surface area contributed by atoms with Crippen molar-refractivity contribution in [2.45, 2.75) is 90.1 Å². The Kier molecular flexibility index (Phi) is 6.67. The van der Waals surface area contributed by atoms with Gasteiger partial charge in [0.2, 0.25) is 11.8 Å². The number of piperidine rings is 1. The maximum Gasteiger partial charge on any atom is 0.242 e. The molecule has 0 radical (unpaired) electrons. The topological polar surface area (TPSA) is 52.7 Å². The Bertz CT molecular complexity index is 842. The quantitative estimate of drug-likeness (QED) is 0.723. The van der Waals surface area contributed by atoms with Crippen molar-refractivity contribution in [2.75, 3.05) is 26.2 Å². The lowest BCUT2D eigenvalue weighted by Crippen LogP contribution is -2.49. The van der Waals surface area contributed by atoms with Crippen molar-refractivity contribution in [3.8, 4) is 0 Å². The molecule has 0 aromatic heterocycles. The summed E-state index contributed by atoms with van der Waals surface area (Å²) >= 11 is 0. The van der Waals surface area contributed by atoms with Gasteiger partial charge >= 0.3 is 0 Å². The van der Waals surface area contributed by atoms with E-state index in [0.29, 0.717) is 18.4 Å². The number of fused-ring (bicyclic) bond motifs is 2. The van der Waals surface area contributed by atoms with Gasteiger partial charge in [-0.05, 0) is 87.0 Å². The SMILES string of the molecule is C[C@H](C(=O)N[C@@H]1CCC2(CCN(CCC(C)(C)C)CC2)c2ccccc21)N1CCCC1=O.[HH]. The van der Waals surface area contributed by atoms with Crippen molar-refractivity contribution < 1.29 is 11.0 Å². The monoisotopic (exact) mass is 441 g/mol. The molecule has 0 bridgehead atoms. The molecule has 2 aliphatic heterocycles. The van der Waals surface area contributed by atoms with Gasteiger partial charge in [-0.2, -0.15) is 0 Å². The van der Waals surface area contributed by atoms with Crippen LogP contribution in [-0.4, -0.2) is 53.8 Å². The van der Waals surface area contributed by atoms with Gasteiger partial charge in [0, 0.05) is 14.4 Å². The number of amides is 2. The lowest BCUT2D eigenvalue weighted by molar-refractivity contribution is -0.137. The molecule has 2 heterocycles. The van der Waals surface area contributed by atoms with Gasteiger partial charge in [0.15, 0.2) is 0 Å². The molecule has 2 amide bonds. The first-order valence-electron chi connectivity index (χ1n) is 12.6. The van der Waals surface area contributed by atoms with Crippen LogP contribution in [0.25, 0.3) is 0 Å². The molecule has 1 spiro atoms. The van der Waals surface area contributed by atoms with Crippen molar-refractivity contribution in [1.82, 2.24) is 15.1 Å². The summed E-state index contributed by atoms with van der Waals surface area (Å²) in [5.74, 6) is 0.0851. The van der Waals surface area contributed by atoms with Crippen LogP contribution in [0.2, 0.25) is 0 Å². The predicted molar refractivity (Wildman–Crippen MR) is 131 cm³/mol. The van der Waals surface area contributed by atoms with Gasteiger partial charge in [-0.25, -0.2) is 0 Å². The molecule has 1 aromatic rings. The number of nitrogens with zero attached hydrogens (tertiary/aromatic N) is 2. The number of hydrogen-bond acceptors (Lipinski definition) is 3. The summed E-state index contributed by atoms with van der Waals surface area (Å²) in [5.41, 5.74) is 3.36. The van der Waals surface area contributed by atoms with E-state index in [9.17, 15) is 9.59 Å². The zero-order valence-electron chi connectivity index (χ0n) is 20.5. The molecule has 4 rings (SSSR count). The Hall–Kier alpha value is -1.88. The third-order valence-corrected chi connectivity index (χ3v) is 8.08. The Morgan fingerprint density at radius 1 is 1.19 bits per heavy atom. The maximum absolute atomic E-state index is 13.0. The second kappa shape index (κ2) is 9.17. The molecule has 1 aromatic carbocycles. The zero-order valence-corrected chi connectivity index (χ0v) is 20.5. The number of benzene rings is 1. The highest BCUT2D eigenvalue weighted by Crippen LogP contribution is 2.48. The summed E-state index contributed by atoms with van der Waals surface area (Å²) in [6.45, 7) is 13.0. The van der Waals surface area contributed by atoms with E-state index in [4.69, 9.17) is 0 Å². The largest absolute Gasteiger partial charge is 0.348 e. The van der Waals surface area contributed by atoms with Crippen molar-refractivity contribution >= 4 is 11.8 Å². The smallest absolute Gasteiger partial charge is 0.242 e. The molecule has 3 aliphatic rings. The van der Waals surface area contributed by atoms with Crippen LogP contribution in [0.5, 0.6) is 0 Å². The van der Waals surface area contributed by atoms with Crippen LogP contribution in [-0.2, 0) is 15.0 Å². The van der Waals surface area contributed by atoms with Gasteiger partial charge in [-0.1, -0.05) is 45.0 Å². The van der Waals surface area contributed by atoms with Crippen molar-refractivity contribution in [2.24, 2.45) is 5.41 Å². The Morgan fingerprint density at radius 3 is 2.56 bits per heavy atom. The number of rotatable bonds is 5. The van der Waals surface area contributed by atoms with Gasteiger partial charge in [0.05, 0.1) is 6.04 Å². The molecule has 0 saturated carbocycles. The number of likely N-dealkylation sites (tertiary alicyclic amines) is 2. The molecule has 0 unspecified atom stereocenters. The highest BCUT2D eigenvalue weighted by atomic mass is 16.2. The molecule has 178 valence electrons. The van der Waals surface area contributed by atoms with Gasteiger partial charge in [-0.3, -0.25) is 9.59 Å². The molecule has 2 saturated heterocycles. The summed E-state index contributed by atoms with van der Waals surface area (Å²) in [6, 6.07) is 8.41. The highest BCUT2D eigenvalue weighted by Gasteiger charge is 2.42. The summed E-state index contributed by atoms with van der Waals surface area (Å²) in [4.78, 5) is 29.5. The molecule has 5 heteroatoms. The van der Waals surface area contributed by atoms with E-state index in [1.165, 1.54) is 36.9 Å². The summed E-state index contributed by atoms with van der Waals surface area (Å²) < 4.78 is 0. The van der Waals surface area contributed by atoms with E-state index in [2.05, 4.69) is 55.3 Å².